The third-order valence-corrected chi connectivity index (χ3v) is 5.38. The van der Waals surface area contributed by atoms with Crippen molar-refractivity contribution in [1.29, 1.82) is 0 Å². The third kappa shape index (κ3) is 5.59. The van der Waals surface area contributed by atoms with Crippen molar-refractivity contribution in [3.8, 4) is 0 Å². The Labute approximate surface area is 173 Å². The Bertz CT molecular complexity index is 853. The highest BCUT2D eigenvalue weighted by molar-refractivity contribution is 6.08. The number of aryl methyl sites for hydroxylation is 1. The first-order valence-electron chi connectivity index (χ1n) is 10.5. The summed E-state index contributed by atoms with van der Waals surface area (Å²) in [4.78, 5) is 27.1. The Kier molecular flexibility index (Phi) is 6.91. The minimum absolute atomic E-state index is 0.209. The van der Waals surface area contributed by atoms with Crippen LogP contribution >= 0.6 is 0 Å². The topological polar surface area (TPSA) is 61.4 Å². The maximum atomic E-state index is 12.4. The van der Waals surface area contributed by atoms with Crippen LogP contribution in [0.1, 0.15) is 56.6 Å². The molecule has 0 saturated carbocycles. The quantitative estimate of drug-likeness (QED) is 0.673. The molecule has 0 aliphatic carbocycles. The molecule has 154 valence electrons. The van der Waals surface area contributed by atoms with Gasteiger partial charge in [-0.15, -0.1) is 0 Å². The fourth-order valence-electron chi connectivity index (χ4n) is 3.78. The van der Waals surface area contributed by atoms with Crippen molar-refractivity contribution in [2.75, 3.05) is 28.6 Å². The molecule has 2 amide bonds. The van der Waals surface area contributed by atoms with Crippen LogP contribution in [-0.2, 0) is 9.59 Å². The van der Waals surface area contributed by atoms with Gasteiger partial charge in [0.2, 0.25) is 11.8 Å². The van der Waals surface area contributed by atoms with Gasteiger partial charge in [0.1, 0.15) is 6.42 Å². The SMILES string of the molecule is Cc1cccc(C(C)C)c1NC(=O)CC(=O)Nc1ccc(N2CCCCC2)cc1. The zero-order valence-corrected chi connectivity index (χ0v) is 17.6. The van der Waals surface area contributed by atoms with Gasteiger partial charge in [-0.3, -0.25) is 9.59 Å². The molecule has 2 N–H and O–H groups in total. The van der Waals surface area contributed by atoms with E-state index in [1.807, 2.05) is 49.4 Å². The molecule has 5 nitrogen and oxygen atoms in total. The van der Waals surface area contributed by atoms with Crippen molar-refractivity contribution >= 4 is 28.9 Å². The van der Waals surface area contributed by atoms with Crippen molar-refractivity contribution in [3.63, 3.8) is 0 Å². The van der Waals surface area contributed by atoms with E-state index in [0.717, 1.165) is 29.9 Å². The number of nitrogens with one attached hydrogen (secondary N) is 2. The summed E-state index contributed by atoms with van der Waals surface area (Å²) < 4.78 is 0. The standard InChI is InChI=1S/C24H31N3O2/c1-17(2)21-9-7-8-18(3)24(21)26-23(29)16-22(28)25-19-10-12-20(13-11-19)27-14-5-4-6-15-27/h7-13,17H,4-6,14-16H2,1-3H3,(H,25,28)(H,26,29). The molecule has 2 aromatic carbocycles. The number of hydrogen-bond acceptors (Lipinski definition) is 3. The Morgan fingerprint density at radius 1 is 0.931 bits per heavy atom. The molecule has 0 aromatic heterocycles. The smallest absolute Gasteiger partial charge is 0.233 e. The molecule has 1 heterocycles. The molecule has 1 saturated heterocycles. The first kappa shape index (κ1) is 20.9. The van der Waals surface area contributed by atoms with Gasteiger partial charge in [0.05, 0.1) is 0 Å². The molecule has 0 atom stereocenters. The van der Waals surface area contributed by atoms with Crippen LogP contribution < -0.4 is 15.5 Å². The van der Waals surface area contributed by atoms with Gasteiger partial charge in [-0.25, -0.2) is 0 Å². The minimum atomic E-state index is -0.312. The van der Waals surface area contributed by atoms with E-state index in [4.69, 9.17) is 0 Å². The van der Waals surface area contributed by atoms with E-state index >= 15 is 0 Å². The molecule has 2 aromatic rings. The molecule has 3 rings (SSSR count). The zero-order valence-electron chi connectivity index (χ0n) is 17.6. The highest BCUT2D eigenvalue weighted by Crippen LogP contribution is 2.27. The summed E-state index contributed by atoms with van der Waals surface area (Å²) in [6.45, 7) is 8.31. The summed E-state index contributed by atoms with van der Waals surface area (Å²) >= 11 is 0. The van der Waals surface area contributed by atoms with Crippen molar-refractivity contribution in [2.45, 2.75) is 52.4 Å². The lowest BCUT2D eigenvalue weighted by Crippen LogP contribution is -2.29. The van der Waals surface area contributed by atoms with Gasteiger partial charge in [-0.2, -0.15) is 0 Å². The number of carbonyl (C=O) groups excluding carboxylic acids is 2. The Morgan fingerprint density at radius 3 is 2.24 bits per heavy atom. The summed E-state index contributed by atoms with van der Waals surface area (Å²) in [5.74, 6) is -0.325. The number of amides is 2. The second-order valence-corrected chi connectivity index (χ2v) is 8.06. The number of hydrogen-bond donors (Lipinski definition) is 2. The second kappa shape index (κ2) is 9.59. The zero-order chi connectivity index (χ0) is 20.8. The normalized spacial score (nSPS) is 14.0. The van der Waals surface area contributed by atoms with Crippen LogP contribution in [0.2, 0.25) is 0 Å². The predicted octanol–water partition coefficient (Wildman–Crippen LogP) is 5.08. The van der Waals surface area contributed by atoms with Gasteiger partial charge in [0.15, 0.2) is 0 Å². The largest absolute Gasteiger partial charge is 0.372 e. The Balaban J connectivity index is 1.56. The number of nitrogens with zero attached hydrogens (tertiary/aromatic N) is 1. The van der Waals surface area contributed by atoms with Crippen LogP contribution in [0.3, 0.4) is 0 Å². The van der Waals surface area contributed by atoms with E-state index in [1.165, 1.54) is 24.9 Å². The molecule has 1 aliphatic rings. The maximum Gasteiger partial charge on any atom is 0.233 e. The number of para-hydroxylation sites is 1. The van der Waals surface area contributed by atoms with E-state index in [2.05, 4.69) is 29.4 Å². The first-order chi connectivity index (χ1) is 13.9. The van der Waals surface area contributed by atoms with Crippen LogP contribution in [0, 0.1) is 6.92 Å². The molecule has 29 heavy (non-hydrogen) atoms. The van der Waals surface area contributed by atoms with Gasteiger partial charge in [-0.1, -0.05) is 32.0 Å². The predicted molar refractivity (Wildman–Crippen MR) is 120 cm³/mol. The van der Waals surface area contributed by atoms with Crippen LogP contribution in [0.5, 0.6) is 0 Å². The lowest BCUT2D eigenvalue weighted by molar-refractivity contribution is -0.123. The summed E-state index contributed by atoms with van der Waals surface area (Å²) in [6, 6.07) is 13.8. The molecule has 5 heteroatoms. The lowest BCUT2D eigenvalue weighted by Gasteiger charge is -2.28. The van der Waals surface area contributed by atoms with E-state index in [1.54, 1.807) is 0 Å². The molecule has 0 spiro atoms. The number of benzene rings is 2. The van der Waals surface area contributed by atoms with E-state index in [-0.39, 0.29) is 24.2 Å². The third-order valence-electron chi connectivity index (χ3n) is 5.38. The fourth-order valence-corrected chi connectivity index (χ4v) is 3.78. The number of rotatable bonds is 6. The van der Waals surface area contributed by atoms with Crippen molar-refractivity contribution in [1.82, 2.24) is 0 Å². The van der Waals surface area contributed by atoms with Crippen molar-refractivity contribution in [2.24, 2.45) is 0 Å². The molecule has 1 fully saturated rings. The molecule has 0 radical (unpaired) electrons. The average molecular weight is 394 g/mol. The molecular formula is C24H31N3O2. The second-order valence-electron chi connectivity index (χ2n) is 8.06. The molecule has 0 unspecified atom stereocenters. The highest BCUT2D eigenvalue weighted by atomic mass is 16.2. The van der Waals surface area contributed by atoms with Gasteiger partial charge in [-0.05, 0) is 67.5 Å². The lowest BCUT2D eigenvalue weighted by atomic mass is 9.98. The summed E-state index contributed by atoms with van der Waals surface area (Å²) in [7, 11) is 0. The van der Waals surface area contributed by atoms with Gasteiger partial charge >= 0.3 is 0 Å². The average Bonchev–Trinajstić information content (AvgIpc) is 2.70. The number of anilines is 3. The minimum Gasteiger partial charge on any atom is -0.372 e. The Morgan fingerprint density at radius 2 is 1.59 bits per heavy atom. The van der Waals surface area contributed by atoms with E-state index < -0.39 is 0 Å². The molecule has 0 bridgehead atoms. The number of piperidine rings is 1. The monoisotopic (exact) mass is 393 g/mol. The Hall–Kier alpha value is -2.82. The van der Waals surface area contributed by atoms with Crippen molar-refractivity contribution in [3.05, 3.63) is 53.6 Å². The van der Waals surface area contributed by atoms with Gasteiger partial charge in [0, 0.05) is 30.2 Å². The van der Waals surface area contributed by atoms with Crippen LogP contribution in [0.4, 0.5) is 17.1 Å². The number of carbonyl (C=O) groups is 2. The first-order valence-corrected chi connectivity index (χ1v) is 10.5. The molecule has 1 aliphatic heterocycles. The molecular weight excluding hydrogens is 362 g/mol. The summed E-state index contributed by atoms with van der Waals surface area (Å²) in [5, 5.41) is 5.74. The van der Waals surface area contributed by atoms with Gasteiger partial charge < -0.3 is 15.5 Å². The summed E-state index contributed by atoms with van der Waals surface area (Å²) in [5.41, 5.74) is 4.78. The van der Waals surface area contributed by atoms with E-state index in [9.17, 15) is 9.59 Å². The fraction of sp³-hybridized carbons (Fsp3) is 0.417. The van der Waals surface area contributed by atoms with Crippen molar-refractivity contribution < 1.29 is 9.59 Å². The van der Waals surface area contributed by atoms with E-state index in [0.29, 0.717) is 5.69 Å². The highest BCUT2D eigenvalue weighted by Gasteiger charge is 2.15. The maximum absolute atomic E-state index is 12.4. The van der Waals surface area contributed by atoms with Crippen LogP contribution in [0.15, 0.2) is 42.5 Å². The summed E-state index contributed by atoms with van der Waals surface area (Å²) in [6.07, 6.45) is 3.55. The van der Waals surface area contributed by atoms with Crippen LogP contribution in [-0.4, -0.2) is 24.9 Å². The van der Waals surface area contributed by atoms with Crippen LogP contribution in [0.25, 0.3) is 0 Å². The van der Waals surface area contributed by atoms with Gasteiger partial charge in [0.25, 0.3) is 0 Å².